The molecule has 1 aliphatic rings. The molecule has 1 atom stereocenters. The summed E-state index contributed by atoms with van der Waals surface area (Å²) in [7, 11) is 0. The molecule has 0 aromatic carbocycles. The number of carbonyl (C=O) groups is 2. The highest BCUT2D eigenvalue weighted by Crippen LogP contribution is 2.23. The van der Waals surface area contributed by atoms with E-state index >= 15 is 0 Å². The molecule has 0 aromatic rings. The third-order valence-electron chi connectivity index (χ3n) is 2.38. The molecule has 0 aliphatic carbocycles. The molecule has 1 unspecified atom stereocenters. The zero-order valence-corrected chi connectivity index (χ0v) is 10.2. The molecule has 4 heteroatoms. The van der Waals surface area contributed by atoms with Crippen LogP contribution in [-0.2, 0) is 9.53 Å². The van der Waals surface area contributed by atoms with Crippen molar-refractivity contribution in [3.05, 3.63) is 12.7 Å². The number of hydrogen-bond acceptors (Lipinski definition) is 3. The van der Waals surface area contributed by atoms with E-state index < -0.39 is 11.7 Å². The lowest BCUT2D eigenvalue weighted by Crippen LogP contribution is -2.38. The summed E-state index contributed by atoms with van der Waals surface area (Å²) in [6, 6.07) is 0. The summed E-state index contributed by atoms with van der Waals surface area (Å²) in [4.78, 5) is 24.7. The zero-order valence-electron chi connectivity index (χ0n) is 10.2. The molecule has 1 fully saturated rings. The first-order valence-corrected chi connectivity index (χ1v) is 5.50. The largest absolute Gasteiger partial charge is 0.443 e. The summed E-state index contributed by atoms with van der Waals surface area (Å²) < 4.78 is 5.16. The predicted octanol–water partition coefficient (Wildman–Crippen LogP) is 2.35. The maximum atomic E-state index is 11.8. The van der Waals surface area contributed by atoms with Crippen LogP contribution in [0.15, 0.2) is 12.7 Å². The second kappa shape index (κ2) is 4.68. The number of nitrogens with zero attached hydrogens (tertiary/aromatic N) is 1. The Bertz CT molecular complexity index is 304. The fourth-order valence-corrected chi connectivity index (χ4v) is 1.66. The molecule has 0 radical (unpaired) electrons. The summed E-state index contributed by atoms with van der Waals surface area (Å²) in [5, 5.41) is 0. The van der Waals surface area contributed by atoms with E-state index in [0.29, 0.717) is 19.4 Å². The standard InChI is InChI=1S/C12H19NO3/c1-5-6-9-7-8-13(10(9)14)11(15)16-12(2,3)4/h5,9H,1,6-8H2,2-4H3. The Labute approximate surface area is 96.3 Å². The summed E-state index contributed by atoms with van der Waals surface area (Å²) in [5.74, 6) is -0.251. The van der Waals surface area contributed by atoms with E-state index in [1.54, 1.807) is 26.8 Å². The third-order valence-corrected chi connectivity index (χ3v) is 2.38. The van der Waals surface area contributed by atoms with E-state index in [1.165, 1.54) is 4.90 Å². The van der Waals surface area contributed by atoms with Crippen LogP contribution in [-0.4, -0.2) is 29.0 Å². The third kappa shape index (κ3) is 3.08. The SMILES string of the molecule is C=CCC1CCN(C(=O)OC(C)(C)C)C1=O. The topological polar surface area (TPSA) is 46.6 Å². The second-order valence-electron chi connectivity index (χ2n) is 4.98. The van der Waals surface area contributed by atoms with E-state index in [2.05, 4.69) is 6.58 Å². The lowest BCUT2D eigenvalue weighted by atomic mass is 10.0. The van der Waals surface area contributed by atoms with Gasteiger partial charge >= 0.3 is 6.09 Å². The highest BCUT2D eigenvalue weighted by Gasteiger charge is 2.36. The molecule has 0 aromatic heterocycles. The van der Waals surface area contributed by atoms with E-state index in [4.69, 9.17) is 4.74 Å². The number of imide groups is 1. The molecule has 2 amide bonds. The highest BCUT2D eigenvalue weighted by molar-refractivity contribution is 5.95. The normalized spacial score (nSPS) is 21.1. The molecule has 4 nitrogen and oxygen atoms in total. The fraction of sp³-hybridized carbons (Fsp3) is 0.667. The van der Waals surface area contributed by atoms with Crippen LogP contribution in [0.25, 0.3) is 0 Å². The molecule has 1 heterocycles. The van der Waals surface area contributed by atoms with Crippen LogP contribution in [0.1, 0.15) is 33.6 Å². The molecular weight excluding hydrogens is 206 g/mol. The van der Waals surface area contributed by atoms with Gasteiger partial charge in [0.05, 0.1) is 0 Å². The van der Waals surface area contributed by atoms with Crippen LogP contribution in [0.4, 0.5) is 4.79 Å². The van der Waals surface area contributed by atoms with Gasteiger partial charge in [0.15, 0.2) is 0 Å². The van der Waals surface area contributed by atoms with Gasteiger partial charge in [-0.2, -0.15) is 0 Å². The lowest BCUT2D eigenvalue weighted by molar-refractivity contribution is -0.130. The Kier molecular flexibility index (Phi) is 3.73. The van der Waals surface area contributed by atoms with Gasteiger partial charge in [0.25, 0.3) is 0 Å². The molecular formula is C12H19NO3. The molecule has 0 saturated carbocycles. The minimum Gasteiger partial charge on any atom is -0.443 e. The van der Waals surface area contributed by atoms with E-state index in [1.807, 2.05) is 0 Å². The zero-order chi connectivity index (χ0) is 12.3. The highest BCUT2D eigenvalue weighted by atomic mass is 16.6. The second-order valence-corrected chi connectivity index (χ2v) is 4.98. The van der Waals surface area contributed by atoms with Crippen molar-refractivity contribution in [2.24, 2.45) is 5.92 Å². The Morgan fingerprint density at radius 2 is 2.25 bits per heavy atom. The van der Waals surface area contributed by atoms with Crippen molar-refractivity contribution in [2.75, 3.05) is 6.54 Å². The van der Waals surface area contributed by atoms with Crippen LogP contribution in [0.2, 0.25) is 0 Å². The van der Waals surface area contributed by atoms with Crippen LogP contribution in [0, 0.1) is 5.92 Å². The van der Waals surface area contributed by atoms with Crippen LogP contribution in [0.5, 0.6) is 0 Å². The average molecular weight is 225 g/mol. The molecule has 1 rings (SSSR count). The van der Waals surface area contributed by atoms with E-state index in [9.17, 15) is 9.59 Å². The van der Waals surface area contributed by atoms with Crippen molar-refractivity contribution in [1.82, 2.24) is 4.90 Å². The van der Waals surface area contributed by atoms with Gasteiger partial charge in [-0.25, -0.2) is 9.69 Å². The smallest absolute Gasteiger partial charge is 0.417 e. The number of rotatable bonds is 2. The molecule has 90 valence electrons. The van der Waals surface area contributed by atoms with E-state index in [0.717, 1.165) is 0 Å². The van der Waals surface area contributed by atoms with Crippen molar-refractivity contribution in [2.45, 2.75) is 39.2 Å². The summed E-state index contributed by atoms with van der Waals surface area (Å²) in [5.41, 5.74) is -0.562. The van der Waals surface area contributed by atoms with Gasteiger partial charge in [0.1, 0.15) is 5.60 Å². The lowest BCUT2D eigenvalue weighted by Gasteiger charge is -2.23. The number of hydrogen-bond donors (Lipinski definition) is 0. The molecule has 1 aliphatic heterocycles. The minimum atomic E-state index is -0.562. The van der Waals surface area contributed by atoms with Crippen molar-refractivity contribution in [3.63, 3.8) is 0 Å². The summed E-state index contributed by atoms with van der Waals surface area (Å²) in [6.07, 6.45) is 2.49. The first-order valence-electron chi connectivity index (χ1n) is 5.50. The number of carbonyl (C=O) groups excluding carboxylic acids is 2. The Morgan fingerprint density at radius 1 is 1.62 bits per heavy atom. The molecule has 16 heavy (non-hydrogen) atoms. The quantitative estimate of drug-likeness (QED) is 0.678. The minimum absolute atomic E-state index is 0.106. The van der Waals surface area contributed by atoms with Gasteiger partial charge in [0, 0.05) is 12.5 Å². The fourth-order valence-electron chi connectivity index (χ4n) is 1.66. The number of likely N-dealkylation sites (tertiary alicyclic amines) is 1. The van der Waals surface area contributed by atoms with Gasteiger partial charge in [-0.15, -0.1) is 6.58 Å². The van der Waals surface area contributed by atoms with Gasteiger partial charge in [0.2, 0.25) is 5.91 Å². The molecule has 0 spiro atoms. The van der Waals surface area contributed by atoms with Gasteiger partial charge in [-0.3, -0.25) is 4.79 Å². The number of ether oxygens (including phenoxy) is 1. The Hall–Kier alpha value is -1.32. The maximum Gasteiger partial charge on any atom is 0.417 e. The monoisotopic (exact) mass is 225 g/mol. The average Bonchev–Trinajstić information content (AvgIpc) is 2.46. The van der Waals surface area contributed by atoms with Crippen LogP contribution < -0.4 is 0 Å². The maximum absolute atomic E-state index is 11.8. The van der Waals surface area contributed by atoms with Crippen LogP contribution >= 0.6 is 0 Å². The van der Waals surface area contributed by atoms with Gasteiger partial charge < -0.3 is 4.74 Å². The first-order chi connectivity index (χ1) is 7.35. The van der Waals surface area contributed by atoms with E-state index in [-0.39, 0.29) is 11.8 Å². The first kappa shape index (κ1) is 12.7. The summed E-state index contributed by atoms with van der Waals surface area (Å²) in [6.45, 7) is 9.40. The van der Waals surface area contributed by atoms with Crippen molar-refractivity contribution in [1.29, 1.82) is 0 Å². The van der Waals surface area contributed by atoms with Gasteiger partial charge in [-0.05, 0) is 33.6 Å². The van der Waals surface area contributed by atoms with Gasteiger partial charge in [-0.1, -0.05) is 6.08 Å². The Balaban J connectivity index is 2.60. The molecule has 0 N–H and O–H groups in total. The molecule has 1 saturated heterocycles. The number of allylic oxidation sites excluding steroid dienone is 1. The Morgan fingerprint density at radius 3 is 2.75 bits per heavy atom. The van der Waals surface area contributed by atoms with Crippen molar-refractivity contribution in [3.8, 4) is 0 Å². The predicted molar refractivity (Wildman–Crippen MR) is 60.9 cm³/mol. The van der Waals surface area contributed by atoms with Crippen molar-refractivity contribution >= 4 is 12.0 Å². The van der Waals surface area contributed by atoms with Crippen molar-refractivity contribution < 1.29 is 14.3 Å². The summed E-state index contributed by atoms with van der Waals surface area (Å²) >= 11 is 0. The number of amides is 2. The van der Waals surface area contributed by atoms with Crippen LogP contribution in [0.3, 0.4) is 0 Å². The molecule has 0 bridgehead atoms.